The van der Waals surface area contributed by atoms with Gasteiger partial charge in [0.2, 0.25) is 17.7 Å². The largest absolute Gasteiger partial charge is 0.330 e. The van der Waals surface area contributed by atoms with Gasteiger partial charge in [-0.3, -0.25) is 35.7 Å². The Morgan fingerprint density at radius 1 is 1.12 bits per heavy atom. The Morgan fingerprint density at radius 2 is 1.96 bits per heavy atom. The number of nitrogens with zero attached hydrogens (tertiary/aromatic N) is 1. The van der Waals surface area contributed by atoms with E-state index in [0.29, 0.717) is 25.4 Å². The summed E-state index contributed by atoms with van der Waals surface area (Å²) in [6.45, 7) is 1.50. The molecule has 1 saturated carbocycles. The second-order valence-electron chi connectivity index (χ2n) is 7.94. The lowest BCUT2D eigenvalue weighted by Gasteiger charge is -2.37. The van der Waals surface area contributed by atoms with Crippen LogP contribution in [0.4, 0.5) is 0 Å². The van der Waals surface area contributed by atoms with E-state index in [2.05, 4.69) is 21.3 Å². The standard InChI is InChI=1S/C17H28N6O3/c18-17-19-6-5-13(21-17)20-10-1-2-11-9(7-10)8-23(16(11)26)12-3-4-14(24)22-15(12)25/h9-13,17,19-21H,1-8,18H2,(H,22,24,25). The first-order chi connectivity index (χ1) is 12.5. The summed E-state index contributed by atoms with van der Waals surface area (Å²) in [6.07, 6.45) is 4.46. The minimum absolute atomic E-state index is 0.0155. The molecule has 0 aromatic carbocycles. The predicted molar refractivity (Wildman–Crippen MR) is 93.2 cm³/mol. The van der Waals surface area contributed by atoms with E-state index in [1.807, 2.05) is 0 Å². The number of piperidine rings is 1. The van der Waals surface area contributed by atoms with Crippen LogP contribution in [0.25, 0.3) is 0 Å². The van der Waals surface area contributed by atoms with Gasteiger partial charge in [-0.1, -0.05) is 0 Å². The molecule has 3 heterocycles. The molecule has 0 aromatic heterocycles. The molecule has 3 amide bonds. The van der Waals surface area contributed by atoms with E-state index in [0.717, 1.165) is 32.2 Å². The second kappa shape index (κ2) is 7.22. The Bertz CT molecular complexity index is 599. The van der Waals surface area contributed by atoms with E-state index in [-0.39, 0.29) is 42.0 Å². The predicted octanol–water partition coefficient (Wildman–Crippen LogP) is -1.84. The van der Waals surface area contributed by atoms with Crippen molar-refractivity contribution in [2.45, 2.75) is 63.1 Å². The average Bonchev–Trinajstić information content (AvgIpc) is 2.91. The third-order valence-corrected chi connectivity index (χ3v) is 6.22. The van der Waals surface area contributed by atoms with Gasteiger partial charge in [-0.25, -0.2) is 0 Å². The molecular formula is C17H28N6O3. The lowest BCUT2D eigenvalue weighted by molar-refractivity contribution is -0.144. The molecule has 26 heavy (non-hydrogen) atoms. The summed E-state index contributed by atoms with van der Waals surface area (Å²) in [5.74, 6) is -0.190. The molecule has 6 unspecified atom stereocenters. The number of rotatable bonds is 3. The van der Waals surface area contributed by atoms with Gasteiger partial charge in [-0.15, -0.1) is 0 Å². The lowest BCUT2D eigenvalue weighted by Crippen LogP contribution is -2.64. The fourth-order valence-electron chi connectivity index (χ4n) is 4.92. The number of hydrogen-bond donors (Lipinski definition) is 5. The van der Waals surface area contributed by atoms with E-state index >= 15 is 0 Å². The van der Waals surface area contributed by atoms with Gasteiger partial charge in [0, 0.05) is 31.5 Å². The number of hydrogen-bond acceptors (Lipinski definition) is 7. The molecule has 144 valence electrons. The number of amides is 3. The Labute approximate surface area is 152 Å². The van der Waals surface area contributed by atoms with Crippen LogP contribution in [0.3, 0.4) is 0 Å². The van der Waals surface area contributed by atoms with Crippen molar-refractivity contribution in [3.8, 4) is 0 Å². The van der Waals surface area contributed by atoms with Gasteiger partial charge < -0.3 is 10.6 Å². The monoisotopic (exact) mass is 364 g/mol. The minimum Gasteiger partial charge on any atom is -0.330 e. The zero-order chi connectivity index (χ0) is 18.3. The van der Waals surface area contributed by atoms with E-state index < -0.39 is 6.04 Å². The quantitative estimate of drug-likeness (QED) is 0.372. The van der Waals surface area contributed by atoms with Crippen molar-refractivity contribution in [2.24, 2.45) is 17.6 Å². The Hall–Kier alpha value is -1.55. The lowest BCUT2D eigenvalue weighted by atomic mass is 9.78. The number of likely N-dealkylation sites (tertiary alicyclic amines) is 1. The molecule has 0 aromatic rings. The Balaban J connectivity index is 1.35. The maximum Gasteiger partial charge on any atom is 0.249 e. The van der Waals surface area contributed by atoms with Crippen LogP contribution in [0.1, 0.15) is 38.5 Å². The Morgan fingerprint density at radius 3 is 2.73 bits per heavy atom. The van der Waals surface area contributed by atoms with Crippen LogP contribution < -0.4 is 27.0 Å². The Kier molecular flexibility index (Phi) is 4.96. The summed E-state index contributed by atoms with van der Waals surface area (Å²) >= 11 is 0. The van der Waals surface area contributed by atoms with Crippen LogP contribution in [-0.2, 0) is 14.4 Å². The third kappa shape index (κ3) is 3.48. The van der Waals surface area contributed by atoms with Gasteiger partial charge in [-0.05, 0) is 38.0 Å². The number of nitrogens with two attached hydrogens (primary N) is 1. The highest BCUT2D eigenvalue weighted by molar-refractivity contribution is 6.02. The van der Waals surface area contributed by atoms with Gasteiger partial charge in [-0.2, -0.15) is 0 Å². The maximum absolute atomic E-state index is 12.8. The number of imide groups is 1. The van der Waals surface area contributed by atoms with Crippen LogP contribution in [-0.4, -0.2) is 60.3 Å². The van der Waals surface area contributed by atoms with Gasteiger partial charge in [0.05, 0.1) is 6.17 Å². The van der Waals surface area contributed by atoms with E-state index in [1.54, 1.807) is 4.90 Å². The fourth-order valence-corrected chi connectivity index (χ4v) is 4.92. The zero-order valence-electron chi connectivity index (χ0n) is 14.9. The van der Waals surface area contributed by atoms with Crippen molar-refractivity contribution < 1.29 is 14.4 Å². The van der Waals surface area contributed by atoms with Crippen molar-refractivity contribution in [2.75, 3.05) is 13.1 Å². The third-order valence-electron chi connectivity index (χ3n) is 6.22. The molecule has 3 saturated heterocycles. The van der Waals surface area contributed by atoms with E-state index in [9.17, 15) is 14.4 Å². The molecule has 6 atom stereocenters. The molecule has 0 radical (unpaired) electrons. The highest BCUT2D eigenvalue weighted by Crippen LogP contribution is 2.39. The van der Waals surface area contributed by atoms with Gasteiger partial charge in [0.1, 0.15) is 12.3 Å². The summed E-state index contributed by atoms with van der Waals surface area (Å²) in [5.41, 5.74) is 5.88. The maximum atomic E-state index is 12.8. The summed E-state index contributed by atoms with van der Waals surface area (Å²) in [6, 6.07) is -0.130. The molecule has 9 nitrogen and oxygen atoms in total. The second-order valence-corrected chi connectivity index (χ2v) is 7.94. The first kappa shape index (κ1) is 17.8. The molecular weight excluding hydrogens is 336 g/mol. The topological polar surface area (TPSA) is 129 Å². The van der Waals surface area contributed by atoms with Crippen molar-refractivity contribution in [3.63, 3.8) is 0 Å². The molecule has 9 heteroatoms. The fraction of sp³-hybridized carbons (Fsp3) is 0.824. The van der Waals surface area contributed by atoms with E-state index in [4.69, 9.17) is 5.73 Å². The normalized spacial score (nSPS) is 41.1. The number of carbonyl (C=O) groups excluding carboxylic acids is 3. The van der Waals surface area contributed by atoms with Gasteiger partial charge in [0.25, 0.3) is 0 Å². The van der Waals surface area contributed by atoms with Crippen LogP contribution in [0, 0.1) is 11.8 Å². The highest BCUT2D eigenvalue weighted by Gasteiger charge is 2.48. The molecule has 4 fully saturated rings. The first-order valence-electron chi connectivity index (χ1n) is 9.66. The minimum atomic E-state index is -0.485. The zero-order valence-corrected chi connectivity index (χ0v) is 14.9. The van der Waals surface area contributed by atoms with Crippen molar-refractivity contribution in [1.82, 2.24) is 26.2 Å². The number of nitrogens with one attached hydrogen (secondary N) is 4. The van der Waals surface area contributed by atoms with Crippen LogP contribution >= 0.6 is 0 Å². The summed E-state index contributed by atoms with van der Waals surface area (Å²) in [5, 5.41) is 12.5. The summed E-state index contributed by atoms with van der Waals surface area (Å²) in [4.78, 5) is 38.0. The molecule has 1 aliphatic carbocycles. The SMILES string of the molecule is NC1NCCC(NC2CCC3C(=O)N(C4CCC(=O)NC4=O)CC3C2)N1. The molecule has 0 spiro atoms. The molecule has 3 aliphatic heterocycles. The van der Waals surface area contributed by atoms with Crippen LogP contribution in [0.2, 0.25) is 0 Å². The smallest absolute Gasteiger partial charge is 0.249 e. The van der Waals surface area contributed by atoms with Crippen molar-refractivity contribution >= 4 is 17.7 Å². The first-order valence-corrected chi connectivity index (χ1v) is 9.66. The molecule has 6 N–H and O–H groups in total. The molecule has 0 bridgehead atoms. The van der Waals surface area contributed by atoms with Crippen LogP contribution in [0.15, 0.2) is 0 Å². The van der Waals surface area contributed by atoms with Crippen molar-refractivity contribution in [1.29, 1.82) is 0 Å². The van der Waals surface area contributed by atoms with E-state index in [1.165, 1.54) is 0 Å². The summed E-state index contributed by atoms with van der Waals surface area (Å²) in [7, 11) is 0. The molecule has 4 aliphatic rings. The van der Waals surface area contributed by atoms with Gasteiger partial charge in [0.15, 0.2) is 0 Å². The van der Waals surface area contributed by atoms with Gasteiger partial charge >= 0.3 is 0 Å². The summed E-state index contributed by atoms with van der Waals surface area (Å²) < 4.78 is 0. The van der Waals surface area contributed by atoms with Crippen molar-refractivity contribution in [3.05, 3.63) is 0 Å². The number of fused-ring (bicyclic) bond motifs is 1. The average molecular weight is 364 g/mol. The van der Waals surface area contributed by atoms with Crippen LogP contribution in [0.5, 0.6) is 0 Å². The molecule has 4 rings (SSSR count). The number of carbonyl (C=O) groups is 3. The highest BCUT2D eigenvalue weighted by atomic mass is 16.2.